The highest BCUT2D eigenvalue weighted by molar-refractivity contribution is 7.89. The number of fused-ring (bicyclic) bond motifs is 1. The maximum absolute atomic E-state index is 13.4. The summed E-state index contributed by atoms with van der Waals surface area (Å²) in [5.74, 6) is -2.25. The fourth-order valence-electron chi connectivity index (χ4n) is 4.12. The van der Waals surface area contributed by atoms with Crippen LogP contribution in [0.5, 0.6) is 0 Å². The van der Waals surface area contributed by atoms with Crippen molar-refractivity contribution < 1.29 is 22.8 Å². The van der Waals surface area contributed by atoms with Crippen LogP contribution in [-0.2, 0) is 37.4 Å². The van der Waals surface area contributed by atoms with Crippen LogP contribution in [0.1, 0.15) is 42.0 Å². The molecule has 2 unspecified atom stereocenters. The smallest absolute Gasteiger partial charge is 0.242 e. The maximum Gasteiger partial charge on any atom is 0.242 e. The summed E-state index contributed by atoms with van der Waals surface area (Å²) in [7, 11) is -3.78. The summed E-state index contributed by atoms with van der Waals surface area (Å²) < 4.78 is 27.3. The highest BCUT2D eigenvalue weighted by Crippen LogP contribution is 2.21. The van der Waals surface area contributed by atoms with E-state index < -0.39 is 39.8 Å². The van der Waals surface area contributed by atoms with Crippen LogP contribution in [0, 0.1) is 12.3 Å². The molecule has 3 amide bonds. The molecule has 0 radical (unpaired) electrons. The number of rotatable bonds is 14. The lowest BCUT2D eigenvalue weighted by Gasteiger charge is -2.23. The number of benzene rings is 2. The number of hydrogen-bond donors (Lipinski definition) is 7. The monoisotopic (exact) mass is 569 g/mol. The Balaban J connectivity index is 1.79. The molecule has 0 aliphatic rings. The first-order valence-electron chi connectivity index (χ1n) is 12.7. The zero-order chi connectivity index (χ0) is 29.4. The number of nitrogens with one attached hydrogen (secondary N) is 5. The van der Waals surface area contributed by atoms with Gasteiger partial charge in [0, 0.05) is 35.6 Å². The summed E-state index contributed by atoms with van der Waals surface area (Å²) in [6.07, 6.45) is 1.51. The second-order valence-electron chi connectivity index (χ2n) is 9.54. The van der Waals surface area contributed by atoms with Crippen molar-refractivity contribution in [2.45, 2.75) is 51.7 Å². The van der Waals surface area contributed by atoms with Crippen molar-refractivity contribution in [1.82, 2.24) is 20.3 Å². The van der Waals surface area contributed by atoms with Crippen molar-refractivity contribution in [2.75, 3.05) is 5.75 Å². The average molecular weight is 570 g/mol. The van der Waals surface area contributed by atoms with Crippen LogP contribution in [-0.4, -0.2) is 54.8 Å². The fraction of sp³-hybridized carbons (Fsp3) is 0.333. The minimum absolute atomic E-state index is 0.0286. The number of carbonyl (C=O) groups is 3. The van der Waals surface area contributed by atoms with Crippen molar-refractivity contribution >= 4 is 44.5 Å². The summed E-state index contributed by atoms with van der Waals surface area (Å²) in [6.45, 7) is 3.52. The van der Waals surface area contributed by atoms with Crippen molar-refractivity contribution in [1.29, 1.82) is 5.41 Å². The molecule has 0 saturated carbocycles. The van der Waals surface area contributed by atoms with Crippen LogP contribution in [0.15, 0.2) is 48.7 Å². The third kappa shape index (κ3) is 8.38. The molecule has 0 aliphatic carbocycles. The Morgan fingerprint density at radius 1 is 1.02 bits per heavy atom. The van der Waals surface area contributed by atoms with E-state index in [9.17, 15) is 22.8 Å². The SMILES string of the molecule is CCS(=O)(=O)NC(Cc1c[nH]c2cc(C)ccc12)C(=O)NC(CCC(N)=O)C(=O)NCc1ccc(C(=N)N)cc1. The molecular formula is C27H35N7O5S. The van der Waals surface area contributed by atoms with Crippen LogP contribution in [0.25, 0.3) is 10.9 Å². The van der Waals surface area contributed by atoms with Gasteiger partial charge in [0.25, 0.3) is 0 Å². The third-order valence-electron chi connectivity index (χ3n) is 6.41. The Labute approximate surface area is 232 Å². The zero-order valence-corrected chi connectivity index (χ0v) is 23.2. The van der Waals surface area contributed by atoms with Crippen molar-refractivity contribution in [3.63, 3.8) is 0 Å². The lowest BCUT2D eigenvalue weighted by Crippen LogP contribution is -2.54. The van der Waals surface area contributed by atoms with Gasteiger partial charge in [-0.1, -0.05) is 36.4 Å². The molecule has 1 heterocycles. The Bertz CT molecular complexity index is 1500. The molecule has 12 nitrogen and oxygen atoms in total. The van der Waals surface area contributed by atoms with E-state index >= 15 is 0 Å². The third-order valence-corrected chi connectivity index (χ3v) is 7.81. The second-order valence-corrected chi connectivity index (χ2v) is 11.6. The molecular weight excluding hydrogens is 534 g/mol. The summed E-state index contributed by atoms with van der Waals surface area (Å²) in [6, 6.07) is 10.1. The van der Waals surface area contributed by atoms with Crippen LogP contribution in [0.2, 0.25) is 0 Å². The number of carbonyl (C=O) groups excluding carboxylic acids is 3. The number of H-pyrrole nitrogens is 1. The Morgan fingerprint density at radius 3 is 2.35 bits per heavy atom. The van der Waals surface area contributed by atoms with Crippen molar-refractivity contribution in [3.05, 3.63) is 70.9 Å². The number of amidine groups is 1. The average Bonchev–Trinajstić information content (AvgIpc) is 3.30. The number of hydrogen-bond acceptors (Lipinski definition) is 6. The van der Waals surface area contributed by atoms with Crippen LogP contribution >= 0.6 is 0 Å². The quantitative estimate of drug-likeness (QED) is 0.109. The number of aryl methyl sites for hydroxylation is 1. The number of nitrogen functional groups attached to an aromatic ring is 1. The number of nitrogens with two attached hydrogens (primary N) is 2. The van der Waals surface area contributed by atoms with E-state index in [0.29, 0.717) is 5.56 Å². The molecule has 2 aromatic carbocycles. The second kappa shape index (κ2) is 13.2. The number of amides is 3. The van der Waals surface area contributed by atoms with Gasteiger partial charge in [-0.25, -0.2) is 13.1 Å². The van der Waals surface area contributed by atoms with Gasteiger partial charge in [0.2, 0.25) is 27.7 Å². The molecule has 1 aromatic heterocycles. The molecule has 3 rings (SSSR count). The van der Waals surface area contributed by atoms with E-state index in [1.807, 2.05) is 25.1 Å². The number of primary amides is 1. The van der Waals surface area contributed by atoms with Crippen molar-refractivity contribution in [2.24, 2.45) is 11.5 Å². The first kappa shape index (κ1) is 30.3. The molecule has 40 heavy (non-hydrogen) atoms. The van der Waals surface area contributed by atoms with Gasteiger partial charge in [-0.15, -0.1) is 0 Å². The minimum Gasteiger partial charge on any atom is -0.384 e. The van der Waals surface area contributed by atoms with E-state index in [0.717, 1.165) is 27.6 Å². The molecule has 0 bridgehead atoms. The highest BCUT2D eigenvalue weighted by Gasteiger charge is 2.29. The Kier molecular flexibility index (Phi) is 10.0. The molecule has 3 aromatic rings. The maximum atomic E-state index is 13.4. The summed E-state index contributed by atoms with van der Waals surface area (Å²) in [5, 5.41) is 13.6. The van der Waals surface area contributed by atoms with Crippen molar-refractivity contribution in [3.8, 4) is 0 Å². The highest BCUT2D eigenvalue weighted by atomic mass is 32.2. The van der Waals surface area contributed by atoms with Crippen LogP contribution in [0.3, 0.4) is 0 Å². The Hall–Kier alpha value is -4.23. The number of aromatic amines is 1. The summed E-state index contributed by atoms with van der Waals surface area (Å²) in [4.78, 5) is 41.1. The van der Waals surface area contributed by atoms with Gasteiger partial charge in [-0.05, 0) is 49.4 Å². The number of sulfonamides is 1. The molecule has 9 N–H and O–H groups in total. The first-order valence-corrected chi connectivity index (χ1v) is 14.4. The molecule has 0 fully saturated rings. The normalized spacial score (nSPS) is 12.9. The lowest BCUT2D eigenvalue weighted by atomic mass is 10.0. The predicted octanol–water partition coefficient (Wildman–Crippen LogP) is 0.677. The lowest BCUT2D eigenvalue weighted by molar-refractivity contribution is -0.130. The van der Waals surface area contributed by atoms with Gasteiger partial charge in [0.15, 0.2) is 0 Å². The van der Waals surface area contributed by atoms with Gasteiger partial charge in [-0.2, -0.15) is 0 Å². The van der Waals surface area contributed by atoms with Gasteiger partial charge in [0.1, 0.15) is 17.9 Å². The molecule has 0 aliphatic heterocycles. The molecule has 0 saturated heterocycles. The summed E-state index contributed by atoms with van der Waals surface area (Å²) in [5.41, 5.74) is 14.6. The minimum atomic E-state index is -3.78. The largest absolute Gasteiger partial charge is 0.384 e. The molecule has 0 spiro atoms. The predicted molar refractivity (Wildman–Crippen MR) is 153 cm³/mol. The van der Waals surface area contributed by atoms with Crippen LogP contribution < -0.4 is 26.8 Å². The van der Waals surface area contributed by atoms with E-state index in [1.54, 1.807) is 30.5 Å². The van der Waals surface area contributed by atoms with E-state index in [-0.39, 0.29) is 37.4 Å². The zero-order valence-electron chi connectivity index (χ0n) is 22.4. The van der Waals surface area contributed by atoms with Gasteiger partial charge >= 0.3 is 0 Å². The molecule has 13 heteroatoms. The summed E-state index contributed by atoms with van der Waals surface area (Å²) >= 11 is 0. The fourth-order valence-corrected chi connectivity index (χ4v) is 4.91. The van der Waals surface area contributed by atoms with Gasteiger partial charge in [-0.3, -0.25) is 19.8 Å². The molecule has 214 valence electrons. The Morgan fingerprint density at radius 2 is 1.73 bits per heavy atom. The molecule has 2 atom stereocenters. The van der Waals surface area contributed by atoms with E-state index in [4.69, 9.17) is 16.9 Å². The standard InChI is InChI=1S/C27H35N7O5S/c1-3-40(38,39)34-23(13-19-15-31-22-12-16(2)4-9-20(19)22)27(37)33-21(10-11-24(28)35)26(36)32-14-17-5-7-18(8-6-17)25(29)30/h4-9,12,15,21,23,31,34H,3,10-11,13-14H2,1-2H3,(H2,28,35)(H3,29,30)(H,32,36)(H,33,37). The first-order chi connectivity index (χ1) is 18.9. The van der Waals surface area contributed by atoms with Gasteiger partial charge in [0.05, 0.1) is 5.75 Å². The van der Waals surface area contributed by atoms with E-state index in [1.165, 1.54) is 6.92 Å². The van der Waals surface area contributed by atoms with E-state index in [2.05, 4.69) is 20.3 Å². The van der Waals surface area contributed by atoms with Crippen LogP contribution in [0.4, 0.5) is 0 Å². The topological polar surface area (TPSA) is 213 Å². The number of aromatic nitrogens is 1. The van der Waals surface area contributed by atoms with Gasteiger partial charge < -0.3 is 27.1 Å².